The number of oxazole rings is 1. The third-order valence-electron chi connectivity index (χ3n) is 2.79. The predicted molar refractivity (Wildman–Crippen MR) is 58.7 cm³/mol. The van der Waals surface area contributed by atoms with E-state index in [1.54, 1.807) is 6.20 Å². The summed E-state index contributed by atoms with van der Waals surface area (Å²) in [6, 6.07) is 0. The van der Waals surface area contributed by atoms with E-state index in [4.69, 9.17) is 4.42 Å². The fourth-order valence-corrected chi connectivity index (χ4v) is 1.78. The number of hydrogen-bond donors (Lipinski definition) is 2. The summed E-state index contributed by atoms with van der Waals surface area (Å²) in [5.41, 5.74) is 0. The van der Waals surface area contributed by atoms with Gasteiger partial charge in [0.25, 0.3) is 0 Å². The Morgan fingerprint density at radius 1 is 1.75 bits per heavy atom. The lowest BCUT2D eigenvalue weighted by atomic mass is 10.1. The smallest absolute Gasteiger partial charge is 0.224 e. The molecular weight excluding hydrogens is 206 g/mol. The Kier molecular flexibility index (Phi) is 3.56. The maximum absolute atomic E-state index is 11.7. The Morgan fingerprint density at radius 3 is 3.25 bits per heavy atom. The van der Waals surface area contributed by atoms with E-state index in [0.717, 1.165) is 31.7 Å². The molecule has 2 heterocycles. The average Bonchev–Trinajstić information content (AvgIpc) is 2.96. The number of nitrogens with zero attached hydrogens (tertiary/aromatic N) is 1. The van der Waals surface area contributed by atoms with E-state index in [1.165, 1.54) is 0 Å². The van der Waals surface area contributed by atoms with Crippen LogP contribution in [-0.4, -0.2) is 24.0 Å². The van der Waals surface area contributed by atoms with Gasteiger partial charge >= 0.3 is 0 Å². The minimum absolute atomic E-state index is 0.0845. The van der Waals surface area contributed by atoms with Gasteiger partial charge in [-0.15, -0.1) is 0 Å². The zero-order valence-corrected chi connectivity index (χ0v) is 9.45. The lowest BCUT2D eigenvalue weighted by Crippen LogP contribution is -2.31. The molecule has 0 bridgehead atoms. The molecule has 0 aliphatic carbocycles. The van der Waals surface area contributed by atoms with E-state index in [9.17, 15) is 4.79 Å². The van der Waals surface area contributed by atoms with Crippen molar-refractivity contribution in [1.29, 1.82) is 0 Å². The van der Waals surface area contributed by atoms with Crippen molar-refractivity contribution >= 4 is 5.91 Å². The second-order valence-electron chi connectivity index (χ2n) is 3.98. The number of aryl methyl sites for hydroxylation is 1. The molecular formula is C11H17N3O2. The summed E-state index contributed by atoms with van der Waals surface area (Å²) in [6.45, 7) is 4.09. The van der Waals surface area contributed by atoms with Crippen molar-refractivity contribution in [3.8, 4) is 0 Å². The van der Waals surface area contributed by atoms with Gasteiger partial charge in [0.05, 0.1) is 18.7 Å². The van der Waals surface area contributed by atoms with E-state index in [1.807, 2.05) is 6.92 Å². The molecule has 0 aromatic carbocycles. The molecule has 16 heavy (non-hydrogen) atoms. The maximum Gasteiger partial charge on any atom is 0.224 e. The largest absolute Gasteiger partial charge is 0.444 e. The number of carbonyl (C=O) groups is 1. The molecule has 0 spiro atoms. The van der Waals surface area contributed by atoms with Crippen molar-refractivity contribution in [3.05, 3.63) is 17.8 Å². The Labute approximate surface area is 94.6 Å². The van der Waals surface area contributed by atoms with Gasteiger partial charge in [0.2, 0.25) is 11.8 Å². The third kappa shape index (κ3) is 2.61. The van der Waals surface area contributed by atoms with Gasteiger partial charge in [-0.1, -0.05) is 6.92 Å². The Hall–Kier alpha value is -1.36. The van der Waals surface area contributed by atoms with Gasteiger partial charge in [-0.2, -0.15) is 0 Å². The topological polar surface area (TPSA) is 67.2 Å². The van der Waals surface area contributed by atoms with Crippen LogP contribution < -0.4 is 10.6 Å². The summed E-state index contributed by atoms with van der Waals surface area (Å²) in [5.74, 6) is 1.62. The molecule has 1 saturated heterocycles. The molecule has 2 rings (SSSR count). The Bertz CT molecular complexity index is 356. The van der Waals surface area contributed by atoms with E-state index < -0.39 is 0 Å². The summed E-state index contributed by atoms with van der Waals surface area (Å²) < 4.78 is 5.40. The summed E-state index contributed by atoms with van der Waals surface area (Å²) in [5, 5.41) is 6.01. The number of amides is 1. The summed E-state index contributed by atoms with van der Waals surface area (Å²) >= 11 is 0. The van der Waals surface area contributed by atoms with Crippen LogP contribution in [0, 0.1) is 5.92 Å². The van der Waals surface area contributed by atoms with E-state index in [-0.39, 0.29) is 11.8 Å². The van der Waals surface area contributed by atoms with Crippen LogP contribution in [-0.2, 0) is 17.8 Å². The quantitative estimate of drug-likeness (QED) is 0.778. The second kappa shape index (κ2) is 5.12. The van der Waals surface area contributed by atoms with Gasteiger partial charge in [0.15, 0.2) is 0 Å². The molecule has 1 aliphatic heterocycles. The molecule has 1 aliphatic rings. The highest BCUT2D eigenvalue weighted by molar-refractivity contribution is 5.79. The first-order valence-corrected chi connectivity index (χ1v) is 5.71. The van der Waals surface area contributed by atoms with Crippen LogP contribution in [0.1, 0.15) is 25.0 Å². The number of nitrogens with one attached hydrogen (secondary N) is 2. The number of rotatable bonds is 4. The van der Waals surface area contributed by atoms with Crippen molar-refractivity contribution in [2.75, 3.05) is 13.1 Å². The number of aromatic nitrogens is 1. The highest BCUT2D eigenvalue weighted by Gasteiger charge is 2.22. The van der Waals surface area contributed by atoms with Crippen molar-refractivity contribution in [2.45, 2.75) is 26.3 Å². The van der Waals surface area contributed by atoms with Crippen LogP contribution in [0.15, 0.2) is 10.6 Å². The highest BCUT2D eigenvalue weighted by Crippen LogP contribution is 2.08. The Morgan fingerprint density at radius 2 is 2.62 bits per heavy atom. The standard InChI is InChI=1S/C11H17N3O2/c1-2-9-6-13-10(16-9)7-14-11(15)8-3-4-12-5-8/h6,8,12H,2-5,7H2,1H3,(H,14,15). The first-order chi connectivity index (χ1) is 7.79. The summed E-state index contributed by atoms with van der Waals surface area (Å²) in [4.78, 5) is 15.8. The van der Waals surface area contributed by atoms with Gasteiger partial charge in [-0.05, 0) is 13.0 Å². The fourth-order valence-electron chi connectivity index (χ4n) is 1.78. The van der Waals surface area contributed by atoms with Crippen molar-refractivity contribution in [3.63, 3.8) is 0 Å². The lowest BCUT2D eigenvalue weighted by molar-refractivity contribution is -0.124. The molecule has 1 unspecified atom stereocenters. The number of carbonyl (C=O) groups excluding carboxylic acids is 1. The lowest BCUT2D eigenvalue weighted by Gasteiger charge is -2.07. The Balaban J connectivity index is 1.80. The minimum atomic E-state index is 0.0845. The van der Waals surface area contributed by atoms with Gasteiger partial charge in [-0.25, -0.2) is 4.98 Å². The maximum atomic E-state index is 11.7. The molecule has 5 nitrogen and oxygen atoms in total. The molecule has 1 fully saturated rings. The molecule has 1 aromatic rings. The summed E-state index contributed by atoms with van der Waals surface area (Å²) in [7, 11) is 0. The first kappa shape index (κ1) is 11.1. The minimum Gasteiger partial charge on any atom is -0.444 e. The normalized spacial score (nSPS) is 19.9. The SMILES string of the molecule is CCc1cnc(CNC(=O)C2CCNC2)o1. The van der Waals surface area contributed by atoms with Crippen LogP contribution in [0.2, 0.25) is 0 Å². The molecule has 5 heteroatoms. The molecule has 1 atom stereocenters. The second-order valence-corrected chi connectivity index (χ2v) is 3.98. The highest BCUT2D eigenvalue weighted by atomic mass is 16.4. The van der Waals surface area contributed by atoms with Gasteiger partial charge in [-0.3, -0.25) is 4.79 Å². The first-order valence-electron chi connectivity index (χ1n) is 5.71. The van der Waals surface area contributed by atoms with Crippen molar-refractivity contribution in [1.82, 2.24) is 15.6 Å². The summed E-state index contributed by atoms with van der Waals surface area (Å²) in [6.07, 6.45) is 3.45. The molecule has 1 amide bonds. The predicted octanol–water partition coefficient (Wildman–Crippen LogP) is 0.463. The van der Waals surface area contributed by atoms with Crippen LogP contribution in [0.4, 0.5) is 0 Å². The van der Waals surface area contributed by atoms with Gasteiger partial charge < -0.3 is 15.1 Å². The molecule has 88 valence electrons. The zero-order valence-electron chi connectivity index (χ0n) is 9.45. The monoisotopic (exact) mass is 223 g/mol. The number of hydrogen-bond acceptors (Lipinski definition) is 4. The van der Waals surface area contributed by atoms with Gasteiger partial charge in [0, 0.05) is 13.0 Å². The molecule has 0 radical (unpaired) electrons. The molecule has 0 saturated carbocycles. The molecule has 1 aromatic heterocycles. The van der Waals surface area contributed by atoms with Gasteiger partial charge in [0.1, 0.15) is 5.76 Å². The van der Waals surface area contributed by atoms with Crippen molar-refractivity contribution in [2.24, 2.45) is 5.92 Å². The van der Waals surface area contributed by atoms with Crippen LogP contribution in [0.5, 0.6) is 0 Å². The molecule has 2 N–H and O–H groups in total. The van der Waals surface area contributed by atoms with E-state index >= 15 is 0 Å². The zero-order chi connectivity index (χ0) is 11.4. The average molecular weight is 223 g/mol. The third-order valence-corrected chi connectivity index (χ3v) is 2.79. The van der Waals surface area contributed by atoms with Crippen LogP contribution in [0.25, 0.3) is 0 Å². The van der Waals surface area contributed by atoms with E-state index in [0.29, 0.717) is 12.4 Å². The fraction of sp³-hybridized carbons (Fsp3) is 0.636. The van der Waals surface area contributed by atoms with Crippen molar-refractivity contribution < 1.29 is 9.21 Å². The van der Waals surface area contributed by atoms with E-state index in [2.05, 4.69) is 15.6 Å². The van der Waals surface area contributed by atoms with Crippen LogP contribution >= 0.6 is 0 Å². The van der Waals surface area contributed by atoms with Crippen LogP contribution in [0.3, 0.4) is 0 Å².